The van der Waals surface area contributed by atoms with Crippen molar-refractivity contribution in [3.63, 3.8) is 0 Å². The molecular formula is C21H23N3O7. The minimum atomic E-state index is -0.694. The Morgan fingerprint density at radius 1 is 1.03 bits per heavy atom. The molecule has 0 unspecified atom stereocenters. The zero-order valence-corrected chi connectivity index (χ0v) is 17.3. The van der Waals surface area contributed by atoms with E-state index in [-0.39, 0.29) is 23.8 Å². The van der Waals surface area contributed by atoms with Gasteiger partial charge in [0.15, 0.2) is 12.4 Å². The average Bonchev–Trinajstić information content (AvgIpc) is 2.82. The van der Waals surface area contributed by atoms with Crippen LogP contribution in [0.4, 0.5) is 11.4 Å². The Balaban J connectivity index is 1.56. The van der Waals surface area contributed by atoms with E-state index in [1.54, 1.807) is 12.0 Å². The number of nitro groups is 1. The third kappa shape index (κ3) is 5.21. The topological polar surface area (TPSA) is 111 Å². The summed E-state index contributed by atoms with van der Waals surface area (Å²) in [6.07, 6.45) is 0. The van der Waals surface area contributed by atoms with Gasteiger partial charge in [-0.05, 0) is 36.4 Å². The summed E-state index contributed by atoms with van der Waals surface area (Å²) in [5.41, 5.74) is 0.674. The molecule has 2 aromatic rings. The van der Waals surface area contributed by atoms with Crippen molar-refractivity contribution < 1.29 is 28.7 Å². The van der Waals surface area contributed by atoms with Crippen molar-refractivity contribution in [3.05, 3.63) is 58.1 Å². The second-order valence-corrected chi connectivity index (χ2v) is 6.79. The van der Waals surface area contributed by atoms with Crippen LogP contribution in [0.2, 0.25) is 0 Å². The van der Waals surface area contributed by atoms with Crippen LogP contribution in [0, 0.1) is 10.1 Å². The summed E-state index contributed by atoms with van der Waals surface area (Å²) in [5, 5.41) is 11.3. The lowest BCUT2D eigenvalue weighted by atomic mass is 10.2. The minimum Gasteiger partial charge on any atom is -0.497 e. The maximum Gasteiger partial charge on any atom is 0.338 e. The standard InChI is InChI=1S/C21H23N3O7/c1-29-17-6-4-16(5-7-17)22-9-11-23(12-10-22)20(25)14-31-19-8-3-15(21(26)30-2)13-18(19)24(27)28/h3-8,13H,9-12,14H2,1-2H3. The number of anilines is 1. The molecule has 1 saturated heterocycles. The molecule has 164 valence electrons. The molecular weight excluding hydrogens is 406 g/mol. The highest BCUT2D eigenvalue weighted by Gasteiger charge is 2.24. The normalized spacial score (nSPS) is 13.5. The van der Waals surface area contributed by atoms with Gasteiger partial charge in [-0.2, -0.15) is 0 Å². The molecule has 10 heteroatoms. The number of carbonyl (C=O) groups excluding carboxylic acids is 2. The second-order valence-electron chi connectivity index (χ2n) is 6.79. The van der Waals surface area contributed by atoms with Crippen LogP contribution in [0.25, 0.3) is 0 Å². The number of methoxy groups -OCH3 is 2. The monoisotopic (exact) mass is 429 g/mol. The molecule has 1 heterocycles. The van der Waals surface area contributed by atoms with Gasteiger partial charge < -0.3 is 24.0 Å². The minimum absolute atomic E-state index is 0.0301. The van der Waals surface area contributed by atoms with E-state index < -0.39 is 16.6 Å². The predicted octanol–water partition coefficient (Wildman–Crippen LogP) is 2.12. The lowest BCUT2D eigenvalue weighted by Crippen LogP contribution is -2.50. The molecule has 0 N–H and O–H groups in total. The van der Waals surface area contributed by atoms with Crippen molar-refractivity contribution in [2.45, 2.75) is 0 Å². The molecule has 1 aliphatic rings. The number of hydrogen-bond donors (Lipinski definition) is 0. The van der Waals surface area contributed by atoms with Crippen molar-refractivity contribution in [3.8, 4) is 11.5 Å². The maximum atomic E-state index is 12.5. The quantitative estimate of drug-likeness (QED) is 0.374. The predicted molar refractivity (Wildman–Crippen MR) is 112 cm³/mol. The second kappa shape index (κ2) is 9.79. The molecule has 1 fully saturated rings. The summed E-state index contributed by atoms with van der Waals surface area (Å²) in [5.74, 6) is -0.257. The van der Waals surface area contributed by atoms with Crippen molar-refractivity contribution >= 4 is 23.3 Å². The van der Waals surface area contributed by atoms with E-state index in [0.29, 0.717) is 26.2 Å². The lowest BCUT2D eigenvalue weighted by Gasteiger charge is -2.36. The molecule has 10 nitrogen and oxygen atoms in total. The summed E-state index contributed by atoms with van der Waals surface area (Å²) in [7, 11) is 2.80. The van der Waals surface area contributed by atoms with Crippen LogP contribution in [0.1, 0.15) is 10.4 Å². The van der Waals surface area contributed by atoms with E-state index in [1.807, 2.05) is 24.3 Å². The van der Waals surface area contributed by atoms with Crippen LogP contribution in [0.3, 0.4) is 0 Å². The fraction of sp³-hybridized carbons (Fsp3) is 0.333. The first-order chi connectivity index (χ1) is 14.9. The van der Waals surface area contributed by atoms with E-state index in [4.69, 9.17) is 9.47 Å². The molecule has 3 rings (SSSR count). The van der Waals surface area contributed by atoms with Crippen LogP contribution >= 0.6 is 0 Å². The molecule has 0 aliphatic carbocycles. The maximum absolute atomic E-state index is 12.5. The number of carbonyl (C=O) groups is 2. The van der Waals surface area contributed by atoms with Crippen LogP contribution < -0.4 is 14.4 Å². The van der Waals surface area contributed by atoms with Crippen LogP contribution in [0.15, 0.2) is 42.5 Å². The lowest BCUT2D eigenvalue weighted by molar-refractivity contribution is -0.385. The highest BCUT2D eigenvalue weighted by atomic mass is 16.6. The zero-order chi connectivity index (χ0) is 22.4. The molecule has 0 aromatic heterocycles. The zero-order valence-electron chi connectivity index (χ0n) is 17.3. The Bertz CT molecular complexity index is 954. The van der Waals surface area contributed by atoms with Crippen LogP contribution in [-0.2, 0) is 9.53 Å². The van der Waals surface area contributed by atoms with Gasteiger partial charge in [0, 0.05) is 37.9 Å². The number of nitrogens with zero attached hydrogens (tertiary/aromatic N) is 3. The molecule has 0 bridgehead atoms. The summed E-state index contributed by atoms with van der Waals surface area (Å²) in [4.78, 5) is 38.6. The highest BCUT2D eigenvalue weighted by Crippen LogP contribution is 2.28. The number of amides is 1. The molecule has 0 saturated carbocycles. The third-order valence-corrected chi connectivity index (χ3v) is 5.00. The van der Waals surface area contributed by atoms with Gasteiger partial charge in [0.2, 0.25) is 0 Å². The van der Waals surface area contributed by atoms with Crippen molar-refractivity contribution in [2.24, 2.45) is 0 Å². The van der Waals surface area contributed by atoms with Gasteiger partial charge in [-0.25, -0.2) is 4.79 Å². The van der Waals surface area contributed by atoms with Crippen LogP contribution in [0.5, 0.6) is 11.5 Å². The number of rotatable bonds is 7. The Labute approximate surface area is 179 Å². The van der Waals surface area contributed by atoms with Gasteiger partial charge in [0.25, 0.3) is 5.91 Å². The van der Waals surface area contributed by atoms with Crippen molar-refractivity contribution in [1.82, 2.24) is 4.90 Å². The molecule has 0 spiro atoms. The van der Waals surface area contributed by atoms with Gasteiger partial charge in [-0.15, -0.1) is 0 Å². The van der Waals surface area contributed by atoms with E-state index >= 15 is 0 Å². The Hall–Kier alpha value is -3.82. The highest BCUT2D eigenvalue weighted by molar-refractivity contribution is 5.90. The smallest absolute Gasteiger partial charge is 0.338 e. The number of hydrogen-bond acceptors (Lipinski definition) is 8. The number of ether oxygens (including phenoxy) is 3. The number of benzene rings is 2. The van der Waals surface area contributed by atoms with Gasteiger partial charge in [0.05, 0.1) is 24.7 Å². The van der Waals surface area contributed by atoms with Gasteiger partial charge in [-0.3, -0.25) is 14.9 Å². The van der Waals surface area contributed by atoms with Crippen LogP contribution in [-0.4, -0.2) is 68.7 Å². The fourth-order valence-corrected chi connectivity index (χ4v) is 3.26. The van der Waals surface area contributed by atoms with Crippen molar-refractivity contribution in [2.75, 3.05) is 51.9 Å². The SMILES string of the molecule is COC(=O)c1ccc(OCC(=O)N2CCN(c3ccc(OC)cc3)CC2)c([N+](=O)[O-])c1. The Morgan fingerprint density at radius 3 is 2.29 bits per heavy atom. The van der Waals surface area contributed by atoms with Gasteiger partial charge in [-0.1, -0.05) is 0 Å². The third-order valence-electron chi connectivity index (χ3n) is 5.00. The molecule has 31 heavy (non-hydrogen) atoms. The first-order valence-corrected chi connectivity index (χ1v) is 9.59. The molecule has 1 amide bonds. The first kappa shape index (κ1) is 21.9. The van der Waals surface area contributed by atoms with Crippen molar-refractivity contribution in [1.29, 1.82) is 0 Å². The van der Waals surface area contributed by atoms with Gasteiger partial charge >= 0.3 is 11.7 Å². The fourth-order valence-electron chi connectivity index (χ4n) is 3.26. The number of nitro benzene ring substituents is 1. The number of piperazine rings is 1. The summed E-state index contributed by atoms with van der Waals surface area (Å²) < 4.78 is 15.1. The molecule has 0 atom stereocenters. The summed E-state index contributed by atoms with van der Waals surface area (Å²) >= 11 is 0. The average molecular weight is 429 g/mol. The van der Waals surface area contributed by atoms with Gasteiger partial charge in [0.1, 0.15) is 5.75 Å². The largest absolute Gasteiger partial charge is 0.497 e. The molecule has 0 radical (unpaired) electrons. The molecule has 1 aliphatic heterocycles. The number of esters is 1. The Kier molecular flexibility index (Phi) is 6.91. The Morgan fingerprint density at radius 2 is 1.71 bits per heavy atom. The van der Waals surface area contributed by atoms with E-state index in [9.17, 15) is 19.7 Å². The van der Waals surface area contributed by atoms with E-state index in [0.717, 1.165) is 17.5 Å². The molecule has 2 aromatic carbocycles. The summed E-state index contributed by atoms with van der Waals surface area (Å²) in [6, 6.07) is 11.4. The van der Waals surface area contributed by atoms with E-state index in [1.165, 1.54) is 19.2 Å². The summed E-state index contributed by atoms with van der Waals surface area (Å²) in [6.45, 7) is 2.01. The van der Waals surface area contributed by atoms with E-state index in [2.05, 4.69) is 9.64 Å². The first-order valence-electron chi connectivity index (χ1n) is 9.59.